The molecule has 7 heteroatoms. The van der Waals surface area contributed by atoms with Crippen LogP contribution in [0.25, 0.3) is 0 Å². The Morgan fingerprint density at radius 1 is 1.64 bits per heavy atom. The van der Waals surface area contributed by atoms with Crippen LogP contribution < -0.4 is 10.9 Å². The van der Waals surface area contributed by atoms with Crippen molar-refractivity contribution in [2.24, 2.45) is 0 Å². The second kappa shape index (κ2) is 4.37. The maximum absolute atomic E-state index is 8.88. The van der Waals surface area contributed by atoms with Crippen molar-refractivity contribution in [1.82, 2.24) is 10.3 Å². The number of morpholine rings is 1. The first kappa shape index (κ1) is 10.1. The Morgan fingerprint density at radius 2 is 2.50 bits per heavy atom. The van der Waals surface area contributed by atoms with E-state index in [1.165, 1.54) is 11.3 Å². The predicted molar refractivity (Wildman–Crippen MR) is 53.5 cm³/mol. The third-order valence-electron chi connectivity index (χ3n) is 2.01. The van der Waals surface area contributed by atoms with Crippen LogP contribution in [0.15, 0.2) is 5.38 Å². The van der Waals surface area contributed by atoms with Crippen LogP contribution >= 0.6 is 11.3 Å². The molecule has 5 nitrogen and oxygen atoms in total. The lowest BCUT2D eigenvalue weighted by Gasteiger charge is -2.21. The Hall–Kier alpha value is -0.465. The van der Waals surface area contributed by atoms with Crippen LogP contribution in [0.1, 0.15) is 11.1 Å². The van der Waals surface area contributed by atoms with Crippen molar-refractivity contribution < 1.29 is 14.8 Å². The molecule has 1 saturated heterocycles. The summed E-state index contributed by atoms with van der Waals surface area (Å²) in [5.74, 6) is 0. The monoisotopic (exact) mass is 214 g/mol. The van der Waals surface area contributed by atoms with Crippen molar-refractivity contribution in [3.8, 4) is 0 Å². The molecule has 0 amide bonds. The van der Waals surface area contributed by atoms with Gasteiger partial charge in [0, 0.05) is 18.5 Å². The fourth-order valence-corrected chi connectivity index (χ4v) is 2.17. The van der Waals surface area contributed by atoms with E-state index in [1.807, 2.05) is 0 Å². The second-order valence-corrected chi connectivity index (χ2v) is 3.94. The zero-order valence-corrected chi connectivity index (χ0v) is 8.33. The van der Waals surface area contributed by atoms with E-state index in [0.717, 1.165) is 18.1 Å². The fraction of sp³-hybridized carbons (Fsp3) is 0.571. The second-order valence-electron chi connectivity index (χ2n) is 3.05. The quantitative estimate of drug-likeness (QED) is 0.521. The highest BCUT2D eigenvalue weighted by atomic mass is 32.1. The maximum atomic E-state index is 8.88. The number of thiazole rings is 1. The summed E-state index contributed by atoms with van der Waals surface area (Å²) >= 11 is 1.39. The van der Waals surface area contributed by atoms with Crippen molar-refractivity contribution >= 4 is 24.0 Å². The molecule has 1 aliphatic rings. The molecule has 1 aliphatic heterocycles. The highest BCUT2D eigenvalue weighted by molar-refractivity contribution is 7.10. The molecule has 14 heavy (non-hydrogen) atoms. The lowest BCUT2D eigenvalue weighted by atomic mass is 9.88. The summed E-state index contributed by atoms with van der Waals surface area (Å²) in [5.41, 5.74) is 0.291. The van der Waals surface area contributed by atoms with Crippen LogP contribution in [0.4, 0.5) is 0 Å². The predicted octanol–water partition coefficient (Wildman–Crippen LogP) is -1.52. The fourth-order valence-electron chi connectivity index (χ4n) is 1.29. The molecule has 1 unspecified atom stereocenters. The lowest BCUT2D eigenvalue weighted by Crippen LogP contribution is -2.35. The Kier molecular flexibility index (Phi) is 3.14. The first-order valence-electron chi connectivity index (χ1n) is 4.41. The molecule has 2 heterocycles. The third kappa shape index (κ3) is 2.13. The van der Waals surface area contributed by atoms with Crippen molar-refractivity contribution in [3.05, 3.63) is 10.4 Å². The van der Waals surface area contributed by atoms with E-state index in [9.17, 15) is 0 Å². The molecule has 1 atom stereocenters. The topological polar surface area (TPSA) is 74.6 Å². The summed E-state index contributed by atoms with van der Waals surface area (Å²) in [7, 11) is -1.49. The number of hydrogen-bond acceptors (Lipinski definition) is 6. The van der Waals surface area contributed by atoms with Crippen LogP contribution in [-0.2, 0) is 4.74 Å². The zero-order valence-electron chi connectivity index (χ0n) is 7.51. The van der Waals surface area contributed by atoms with Gasteiger partial charge in [0.25, 0.3) is 0 Å². The van der Waals surface area contributed by atoms with Crippen molar-refractivity contribution in [2.75, 3.05) is 19.7 Å². The molecule has 0 spiro atoms. The van der Waals surface area contributed by atoms with Crippen LogP contribution in [0.5, 0.6) is 0 Å². The number of hydrogen-bond donors (Lipinski definition) is 3. The van der Waals surface area contributed by atoms with E-state index in [2.05, 4.69) is 10.3 Å². The molecule has 0 radical (unpaired) electrons. The molecule has 0 bridgehead atoms. The number of ether oxygens (including phenoxy) is 1. The van der Waals surface area contributed by atoms with Gasteiger partial charge in [-0.15, -0.1) is 11.3 Å². The number of aromatic nitrogens is 1. The molecule has 1 aromatic heterocycles. The van der Waals surface area contributed by atoms with Gasteiger partial charge in [0.15, 0.2) is 0 Å². The first-order chi connectivity index (χ1) is 6.77. The molecule has 1 aromatic rings. The minimum absolute atomic E-state index is 0.0544. The summed E-state index contributed by atoms with van der Waals surface area (Å²) < 4.78 is 5.48. The van der Waals surface area contributed by atoms with Crippen LogP contribution in [-0.4, -0.2) is 41.8 Å². The van der Waals surface area contributed by atoms with Gasteiger partial charge < -0.3 is 20.1 Å². The highest BCUT2D eigenvalue weighted by Crippen LogP contribution is 2.19. The summed E-state index contributed by atoms with van der Waals surface area (Å²) in [6.45, 7) is 2.26. The molecule has 2 rings (SSSR count). The van der Waals surface area contributed by atoms with Gasteiger partial charge in [-0.05, 0) is 0 Å². The highest BCUT2D eigenvalue weighted by Gasteiger charge is 2.22. The van der Waals surface area contributed by atoms with Crippen LogP contribution in [0.2, 0.25) is 0 Å². The molecule has 0 aliphatic carbocycles. The standard InChI is InChI=1S/C7H11BN2O3S/c11-8(12)6-4-14-7(10-6)5-3-9-1-2-13-5/h4-5,9,11-12H,1-3H2. The van der Waals surface area contributed by atoms with Gasteiger partial charge in [0.05, 0.1) is 12.2 Å². The minimum Gasteiger partial charge on any atom is -0.422 e. The van der Waals surface area contributed by atoms with E-state index in [-0.39, 0.29) is 6.10 Å². The molecular formula is C7H11BN2O3S. The normalized spacial score (nSPS) is 22.3. The minimum atomic E-state index is -1.49. The summed E-state index contributed by atoms with van der Waals surface area (Å²) in [5, 5.41) is 23.4. The van der Waals surface area contributed by atoms with Crippen molar-refractivity contribution in [2.45, 2.75) is 6.10 Å². The lowest BCUT2D eigenvalue weighted by molar-refractivity contribution is 0.0276. The third-order valence-corrected chi connectivity index (χ3v) is 2.96. The van der Waals surface area contributed by atoms with Crippen molar-refractivity contribution in [1.29, 1.82) is 0 Å². The molecule has 3 N–H and O–H groups in total. The van der Waals surface area contributed by atoms with E-state index >= 15 is 0 Å². The average molecular weight is 214 g/mol. The summed E-state index contributed by atoms with van der Waals surface area (Å²) in [4.78, 5) is 4.09. The molecule has 0 aromatic carbocycles. The van der Waals surface area contributed by atoms with Gasteiger partial charge in [-0.2, -0.15) is 0 Å². The Balaban J connectivity index is 2.07. The number of nitrogens with one attached hydrogen (secondary N) is 1. The van der Waals surface area contributed by atoms with Crippen molar-refractivity contribution in [3.63, 3.8) is 0 Å². The van der Waals surface area contributed by atoms with Gasteiger partial charge >= 0.3 is 7.12 Å². The van der Waals surface area contributed by atoms with Crippen LogP contribution in [0, 0.1) is 0 Å². The van der Waals surface area contributed by atoms with Gasteiger partial charge in [-0.25, -0.2) is 4.98 Å². The molecule has 1 fully saturated rings. The largest absolute Gasteiger partial charge is 0.509 e. The van der Waals surface area contributed by atoms with Gasteiger partial charge in [0.1, 0.15) is 11.1 Å². The zero-order chi connectivity index (χ0) is 9.97. The van der Waals surface area contributed by atoms with E-state index in [0.29, 0.717) is 12.2 Å². The average Bonchev–Trinajstić information content (AvgIpc) is 2.68. The van der Waals surface area contributed by atoms with Crippen LogP contribution in [0.3, 0.4) is 0 Å². The first-order valence-corrected chi connectivity index (χ1v) is 5.29. The van der Waals surface area contributed by atoms with E-state index in [1.54, 1.807) is 5.38 Å². The maximum Gasteiger partial charge on any atom is 0.509 e. The SMILES string of the molecule is OB(O)c1csc(C2CNCCO2)n1. The number of nitrogens with zero attached hydrogens (tertiary/aromatic N) is 1. The molecule has 76 valence electrons. The molecule has 0 saturated carbocycles. The summed E-state index contributed by atoms with van der Waals surface area (Å²) in [6.07, 6.45) is -0.0544. The Labute approximate surface area is 85.9 Å². The Morgan fingerprint density at radius 3 is 3.07 bits per heavy atom. The van der Waals surface area contributed by atoms with E-state index < -0.39 is 7.12 Å². The smallest absolute Gasteiger partial charge is 0.422 e. The summed E-state index contributed by atoms with van der Waals surface area (Å²) in [6, 6.07) is 0. The number of rotatable bonds is 2. The Bertz CT molecular complexity index is 301. The van der Waals surface area contributed by atoms with Gasteiger partial charge in [-0.3, -0.25) is 0 Å². The van der Waals surface area contributed by atoms with Gasteiger partial charge in [-0.1, -0.05) is 0 Å². The van der Waals surface area contributed by atoms with Gasteiger partial charge in [0.2, 0.25) is 0 Å². The molecular weight excluding hydrogens is 203 g/mol. The van der Waals surface area contributed by atoms with E-state index in [4.69, 9.17) is 14.8 Å².